The molecule has 1 atom stereocenters. The lowest BCUT2D eigenvalue weighted by atomic mass is 9.88. The number of Topliss-reactive ketones (excluding diaryl/α,β-unsaturated/α-hetero) is 1. The third kappa shape index (κ3) is 3.02. The van der Waals surface area contributed by atoms with Crippen molar-refractivity contribution < 1.29 is 27.5 Å². The zero-order valence-corrected chi connectivity index (χ0v) is 15.5. The molecule has 2 aromatic rings. The quantitative estimate of drug-likeness (QED) is 0.704. The highest BCUT2D eigenvalue weighted by Gasteiger charge is 2.61. The normalized spacial score (nSPS) is 20.1. The highest BCUT2D eigenvalue weighted by atomic mass is 19.4. The maximum atomic E-state index is 14.0. The number of hydrogen-bond donors (Lipinski definition) is 0. The molecule has 1 amide bonds. The lowest BCUT2D eigenvalue weighted by molar-refractivity contribution is -0.181. The van der Waals surface area contributed by atoms with E-state index in [2.05, 4.69) is 10.1 Å². The Balaban J connectivity index is 2.24. The number of fused-ring (bicyclic) bond motifs is 3. The van der Waals surface area contributed by atoms with Crippen molar-refractivity contribution in [3.05, 3.63) is 23.7 Å². The molecule has 1 aliphatic heterocycles. The van der Waals surface area contributed by atoms with Crippen molar-refractivity contribution in [1.29, 1.82) is 0 Å². The first-order valence-electron chi connectivity index (χ1n) is 8.22. The summed E-state index contributed by atoms with van der Waals surface area (Å²) in [4.78, 5) is 29.1. The summed E-state index contributed by atoms with van der Waals surface area (Å²) in [5.74, 6) is -0.398. The summed E-state index contributed by atoms with van der Waals surface area (Å²) in [6.45, 7) is 6.45. The van der Waals surface area contributed by atoms with E-state index in [9.17, 15) is 22.8 Å². The number of rotatable bonds is 1. The van der Waals surface area contributed by atoms with Gasteiger partial charge in [-0.2, -0.15) is 18.3 Å². The Hall–Kier alpha value is -2.65. The minimum absolute atomic E-state index is 0.00357. The van der Waals surface area contributed by atoms with Crippen LogP contribution in [0.4, 0.5) is 23.7 Å². The molecule has 0 saturated carbocycles. The van der Waals surface area contributed by atoms with Gasteiger partial charge in [-0.3, -0.25) is 9.69 Å². The molecule has 3 heterocycles. The number of anilines is 1. The molecule has 0 bridgehead atoms. The van der Waals surface area contributed by atoms with Gasteiger partial charge < -0.3 is 4.74 Å². The maximum Gasteiger partial charge on any atom is 0.414 e. The minimum Gasteiger partial charge on any atom is -0.443 e. The largest absolute Gasteiger partial charge is 0.443 e. The summed E-state index contributed by atoms with van der Waals surface area (Å²) in [5, 5.41) is 3.99. The van der Waals surface area contributed by atoms with E-state index in [4.69, 9.17) is 4.74 Å². The summed E-state index contributed by atoms with van der Waals surface area (Å²) in [6.07, 6.45) is -4.40. The van der Waals surface area contributed by atoms with Crippen LogP contribution in [0.15, 0.2) is 12.3 Å². The fraction of sp³-hybridized carbons (Fsp3) is 0.529. The standard InChI is InChI=1S/C17H19F3N4O3/c1-9(25)10-6-12-21-7-11-13(24(12)22-10)16(5,17(18,19)20)8-23(11)14(26)27-15(2,3)4/h6-7H,8H2,1-5H3. The molecular formula is C17H19F3N4O3. The van der Waals surface area contributed by atoms with Crippen LogP contribution in [0.5, 0.6) is 0 Å². The molecule has 1 aliphatic rings. The predicted octanol–water partition coefficient (Wildman–Crippen LogP) is 3.51. The topological polar surface area (TPSA) is 76.8 Å². The minimum atomic E-state index is -4.67. The zero-order valence-electron chi connectivity index (χ0n) is 15.5. The monoisotopic (exact) mass is 384 g/mol. The van der Waals surface area contributed by atoms with Gasteiger partial charge in [0.05, 0.1) is 17.6 Å². The molecule has 10 heteroatoms. The van der Waals surface area contributed by atoms with Gasteiger partial charge in [-0.15, -0.1) is 0 Å². The number of nitrogens with zero attached hydrogens (tertiary/aromatic N) is 4. The molecule has 0 aliphatic carbocycles. The number of carbonyl (C=O) groups is 2. The van der Waals surface area contributed by atoms with Crippen LogP contribution in [-0.4, -0.2) is 44.8 Å². The first kappa shape index (κ1) is 19.1. The first-order chi connectivity index (χ1) is 12.2. The Kier molecular flexibility index (Phi) is 4.02. The van der Waals surface area contributed by atoms with Crippen LogP contribution >= 0.6 is 0 Å². The van der Waals surface area contributed by atoms with Crippen molar-refractivity contribution in [3.63, 3.8) is 0 Å². The van der Waals surface area contributed by atoms with Crippen LogP contribution in [0, 0.1) is 0 Å². The van der Waals surface area contributed by atoms with Crippen LogP contribution in [0.3, 0.4) is 0 Å². The van der Waals surface area contributed by atoms with Gasteiger partial charge in [0.25, 0.3) is 0 Å². The van der Waals surface area contributed by atoms with Gasteiger partial charge in [-0.25, -0.2) is 14.3 Å². The number of hydrogen-bond acceptors (Lipinski definition) is 5. The van der Waals surface area contributed by atoms with Crippen LogP contribution < -0.4 is 4.90 Å². The molecular weight excluding hydrogens is 365 g/mol. The van der Waals surface area contributed by atoms with Gasteiger partial charge in [0, 0.05) is 19.5 Å². The summed E-state index contributed by atoms with van der Waals surface area (Å²) < 4.78 is 48.2. The smallest absolute Gasteiger partial charge is 0.414 e. The van der Waals surface area contributed by atoms with Gasteiger partial charge in [0.1, 0.15) is 16.7 Å². The lowest BCUT2D eigenvalue weighted by Gasteiger charge is -2.29. The molecule has 146 valence electrons. The molecule has 0 radical (unpaired) electrons. The third-order valence-electron chi connectivity index (χ3n) is 4.35. The second kappa shape index (κ2) is 5.67. The fourth-order valence-electron chi connectivity index (χ4n) is 2.99. The van der Waals surface area contributed by atoms with Crippen LogP contribution in [0.1, 0.15) is 50.8 Å². The lowest BCUT2D eigenvalue weighted by Crippen LogP contribution is -2.46. The van der Waals surface area contributed by atoms with E-state index in [1.807, 2.05) is 0 Å². The summed E-state index contributed by atoms with van der Waals surface area (Å²) in [7, 11) is 0. The summed E-state index contributed by atoms with van der Waals surface area (Å²) in [5.41, 5.74) is -3.48. The molecule has 7 nitrogen and oxygen atoms in total. The number of ketones is 1. The van der Waals surface area contributed by atoms with Crippen molar-refractivity contribution >= 4 is 23.2 Å². The van der Waals surface area contributed by atoms with E-state index in [-0.39, 0.29) is 22.7 Å². The van der Waals surface area contributed by atoms with Crippen LogP contribution in [0.25, 0.3) is 5.65 Å². The summed E-state index contributed by atoms with van der Waals surface area (Å²) >= 11 is 0. The Morgan fingerprint density at radius 2 is 1.89 bits per heavy atom. The van der Waals surface area contributed by atoms with Crippen molar-refractivity contribution in [2.75, 3.05) is 11.4 Å². The predicted molar refractivity (Wildman–Crippen MR) is 90.0 cm³/mol. The van der Waals surface area contributed by atoms with Gasteiger partial charge in [0.2, 0.25) is 0 Å². The summed E-state index contributed by atoms with van der Waals surface area (Å²) in [6, 6.07) is 1.32. The second-order valence-electron chi connectivity index (χ2n) is 7.74. The van der Waals surface area contributed by atoms with Crippen molar-refractivity contribution in [2.24, 2.45) is 0 Å². The van der Waals surface area contributed by atoms with Gasteiger partial charge >= 0.3 is 12.3 Å². The number of halogens is 3. The van der Waals surface area contributed by atoms with E-state index in [0.29, 0.717) is 0 Å². The average Bonchev–Trinajstić information content (AvgIpc) is 3.04. The van der Waals surface area contributed by atoms with Gasteiger partial charge in [-0.1, -0.05) is 0 Å². The zero-order chi connectivity index (χ0) is 20.4. The highest BCUT2D eigenvalue weighted by molar-refractivity contribution is 5.94. The highest BCUT2D eigenvalue weighted by Crippen LogP contribution is 2.50. The Labute approximate surface area is 153 Å². The molecule has 3 rings (SSSR count). The van der Waals surface area contributed by atoms with E-state index < -0.39 is 35.6 Å². The van der Waals surface area contributed by atoms with Crippen molar-refractivity contribution in [2.45, 2.75) is 51.8 Å². The fourth-order valence-corrected chi connectivity index (χ4v) is 2.99. The van der Waals surface area contributed by atoms with E-state index >= 15 is 0 Å². The average molecular weight is 384 g/mol. The van der Waals surface area contributed by atoms with E-state index in [1.54, 1.807) is 20.8 Å². The van der Waals surface area contributed by atoms with Crippen molar-refractivity contribution in [1.82, 2.24) is 14.6 Å². The van der Waals surface area contributed by atoms with Gasteiger partial charge in [0.15, 0.2) is 11.4 Å². The molecule has 27 heavy (non-hydrogen) atoms. The Morgan fingerprint density at radius 3 is 2.41 bits per heavy atom. The molecule has 0 aromatic carbocycles. The Morgan fingerprint density at radius 1 is 1.26 bits per heavy atom. The van der Waals surface area contributed by atoms with E-state index in [1.165, 1.54) is 19.2 Å². The van der Waals surface area contributed by atoms with Crippen molar-refractivity contribution in [3.8, 4) is 0 Å². The van der Waals surface area contributed by atoms with Crippen LogP contribution in [-0.2, 0) is 10.2 Å². The first-order valence-corrected chi connectivity index (χ1v) is 8.22. The molecule has 0 fully saturated rings. The Bertz CT molecular complexity index is 945. The number of alkyl halides is 3. The number of amides is 1. The third-order valence-corrected chi connectivity index (χ3v) is 4.35. The molecule has 0 saturated heterocycles. The number of aromatic nitrogens is 3. The van der Waals surface area contributed by atoms with E-state index in [0.717, 1.165) is 16.3 Å². The van der Waals surface area contributed by atoms with Crippen LogP contribution in [0.2, 0.25) is 0 Å². The molecule has 0 N–H and O–H groups in total. The van der Waals surface area contributed by atoms with Gasteiger partial charge in [-0.05, 0) is 27.7 Å². The SMILES string of the molecule is CC(=O)c1cc2ncc3c(n2n1)C(C)(C(F)(F)F)CN3C(=O)OC(C)(C)C. The molecule has 0 spiro atoms. The molecule has 1 unspecified atom stereocenters. The second-order valence-corrected chi connectivity index (χ2v) is 7.74. The maximum absolute atomic E-state index is 14.0. The number of carbonyl (C=O) groups excluding carboxylic acids is 2. The number of ether oxygens (including phenoxy) is 1. The molecule has 2 aromatic heterocycles.